The maximum atomic E-state index is 12.6. The highest BCUT2D eigenvalue weighted by Crippen LogP contribution is 2.27. The molecule has 0 saturated heterocycles. The molecule has 0 bridgehead atoms. The van der Waals surface area contributed by atoms with E-state index in [9.17, 15) is 14.7 Å². The Morgan fingerprint density at radius 3 is 2.83 bits per heavy atom. The van der Waals surface area contributed by atoms with Crippen LogP contribution in [0.3, 0.4) is 0 Å². The van der Waals surface area contributed by atoms with Gasteiger partial charge in [-0.25, -0.2) is 4.79 Å². The van der Waals surface area contributed by atoms with Gasteiger partial charge in [-0.1, -0.05) is 13.0 Å². The van der Waals surface area contributed by atoms with Crippen LogP contribution in [0.1, 0.15) is 65.2 Å². The molecule has 30 heavy (non-hydrogen) atoms. The number of ether oxygens (including phenoxy) is 1. The molecule has 1 amide bonds. The summed E-state index contributed by atoms with van der Waals surface area (Å²) in [4.78, 5) is 28.7. The lowest BCUT2D eigenvalue weighted by molar-refractivity contribution is -0.133. The Morgan fingerprint density at radius 1 is 1.30 bits per heavy atom. The average molecular weight is 413 g/mol. The topological polar surface area (TPSA) is 88.0 Å². The number of aliphatic carboxylic acids is 1. The van der Waals surface area contributed by atoms with Gasteiger partial charge in [-0.15, -0.1) is 0 Å². The number of carbonyl (C=O) groups is 2. The van der Waals surface area contributed by atoms with Gasteiger partial charge >= 0.3 is 5.97 Å². The third kappa shape index (κ3) is 5.94. The van der Waals surface area contributed by atoms with Crippen LogP contribution in [0.4, 0.5) is 0 Å². The highest BCUT2D eigenvalue weighted by atomic mass is 16.5. The lowest BCUT2D eigenvalue weighted by Gasteiger charge is -2.21. The van der Waals surface area contributed by atoms with Crippen molar-refractivity contribution in [3.63, 3.8) is 0 Å². The van der Waals surface area contributed by atoms with Crippen LogP contribution in [-0.2, 0) is 14.3 Å². The van der Waals surface area contributed by atoms with Crippen LogP contribution in [0.25, 0.3) is 0 Å². The summed E-state index contributed by atoms with van der Waals surface area (Å²) in [6.07, 6.45) is 14.1. The average Bonchev–Trinajstić information content (AvgIpc) is 3.16. The van der Waals surface area contributed by atoms with Gasteiger partial charge in [-0.3, -0.25) is 9.79 Å². The molecule has 6 heteroatoms. The first-order chi connectivity index (χ1) is 14.4. The van der Waals surface area contributed by atoms with Crippen LogP contribution < -0.4 is 5.32 Å². The van der Waals surface area contributed by atoms with Gasteiger partial charge in [0.05, 0.1) is 5.76 Å². The van der Waals surface area contributed by atoms with Gasteiger partial charge in [0, 0.05) is 29.9 Å². The monoisotopic (exact) mass is 412 g/mol. The largest absolute Gasteiger partial charge is 0.485 e. The Labute approximate surface area is 178 Å². The molecule has 3 aliphatic rings. The molecule has 2 atom stereocenters. The van der Waals surface area contributed by atoms with Crippen molar-refractivity contribution >= 4 is 17.6 Å². The molecule has 0 radical (unpaired) electrons. The predicted octanol–water partition coefficient (Wildman–Crippen LogP) is 4.45. The van der Waals surface area contributed by atoms with Crippen molar-refractivity contribution in [1.29, 1.82) is 0 Å². The fourth-order valence-corrected chi connectivity index (χ4v) is 4.02. The fourth-order valence-electron chi connectivity index (χ4n) is 4.02. The minimum absolute atomic E-state index is 0.219. The van der Waals surface area contributed by atoms with Crippen molar-refractivity contribution in [2.75, 3.05) is 6.54 Å². The Hall–Kier alpha value is -2.63. The van der Waals surface area contributed by atoms with E-state index in [0.29, 0.717) is 36.5 Å². The molecule has 0 fully saturated rings. The smallest absolute Gasteiger partial charge is 0.331 e. The second-order valence-corrected chi connectivity index (χ2v) is 8.28. The van der Waals surface area contributed by atoms with Crippen molar-refractivity contribution in [3.05, 3.63) is 46.9 Å². The van der Waals surface area contributed by atoms with Crippen molar-refractivity contribution in [2.45, 2.75) is 71.3 Å². The number of allylic oxidation sites excluding steroid dienone is 5. The SMILES string of the molecule is CC1=CCC(C(=O)NC2=C(CCCCN=C3C=CCCC3C)CCC(C(=O)O)=C2)O1. The summed E-state index contributed by atoms with van der Waals surface area (Å²) < 4.78 is 5.52. The van der Waals surface area contributed by atoms with Crippen molar-refractivity contribution in [1.82, 2.24) is 5.32 Å². The Morgan fingerprint density at radius 2 is 2.13 bits per heavy atom. The van der Waals surface area contributed by atoms with E-state index in [2.05, 4.69) is 24.4 Å². The summed E-state index contributed by atoms with van der Waals surface area (Å²) in [5.41, 5.74) is 3.27. The first kappa shape index (κ1) is 22.1. The van der Waals surface area contributed by atoms with Crippen molar-refractivity contribution in [3.8, 4) is 0 Å². The molecular weight excluding hydrogens is 380 g/mol. The number of carboxylic acid groups (broad SMARTS) is 1. The molecule has 162 valence electrons. The molecule has 2 aliphatic carbocycles. The molecule has 2 unspecified atom stereocenters. The standard InChI is InChI=1S/C24H32N2O4/c1-16-7-3-4-9-20(16)25-14-6-5-8-18-11-12-19(24(28)29)15-21(18)26-23(27)22-13-10-17(2)30-22/h4,9-10,15-16,22H,3,5-8,11-14H2,1-2H3,(H,26,27)(H,28,29). The van der Waals surface area contributed by atoms with Crippen LogP contribution in [-0.4, -0.2) is 35.3 Å². The summed E-state index contributed by atoms with van der Waals surface area (Å²) >= 11 is 0. The highest BCUT2D eigenvalue weighted by molar-refractivity contribution is 5.97. The number of hydrogen-bond donors (Lipinski definition) is 2. The number of hydrogen-bond acceptors (Lipinski definition) is 4. The van der Waals surface area contributed by atoms with Crippen LogP contribution in [0.2, 0.25) is 0 Å². The number of carbonyl (C=O) groups excluding carboxylic acids is 1. The van der Waals surface area contributed by atoms with Gasteiger partial charge in [0.15, 0.2) is 6.10 Å². The molecule has 0 spiro atoms. The molecule has 0 aromatic rings. The fraction of sp³-hybridized carbons (Fsp3) is 0.542. The summed E-state index contributed by atoms with van der Waals surface area (Å²) in [6.45, 7) is 4.85. The van der Waals surface area contributed by atoms with Crippen molar-refractivity contribution in [2.24, 2.45) is 10.9 Å². The highest BCUT2D eigenvalue weighted by Gasteiger charge is 2.26. The summed E-state index contributed by atoms with van der Waals surface area (Å²) in [7, 11) is 0. The Bertz CT molecular complexity index is 832. The quantitative estimate of drug-likeness (QED) is 0.577. The second kappa shape index (κ2) is 10.4. The second-order valence-electron chi connectivity index (χ2n) is 8.28. The van der Waals surface area contributed by atoms with E-state index in [1.165, 1.54) is 12.1 Å². The molecule has 0 saturated carbocycles. The maximum Gasteiger partial charge on any atom is 0.331 e. The number of carboxylic acids is 1. The van der Waals surface area contributed by atoms with E-state index in [-0.39, 0.29) is 5.91 Å². The van der Waals surface area contributed by atoms with Crippen LogP contribution in [0, 0.1) is 5.92 Å². The van der Waals surface area contributed by atoms with Gasteiger partial charge in [0.25, 0.3) is 5.91 Å². The number of unbranched alkanes of at least 4 members (excludes halogenated alkanes) is 1. The lowest BCUT2D eigenvalue weighted by atomic mass is 9.92. The molecule has 2 N–H and O–H groups in total. The van der Waals surface area contributed by atoms with E-state index >= 15 is 0 Å². The van der Waals surface area contributed by atoms with Gasteiger partial charge in [-0.05, 0) is 81.6 Å². The van der Waals surface area contributed by atoms with Gasteiger partial charge < -0.3 is 15.2 Å². The van der Waals surface area contributed by atoms with Crippen LogP contribution in [0.15, 0.2) is 51.9 Å². The summed E-state index contributed by atoms with van der Waals surface area (Å²) in [5.74, 6) is 0.135. The van der Waals surface area contributed by atoms with E-state index in [4.69, 9.17) is 9.73 Å². The maximum absolute atomic E-state index is 12.6. The summed E-state index contributed by atoms with van der Waals surface area (Å²) in [6, 6.07) is 0. The predicted molar refractivity (Wildman–Crippen MR) is 117 cm³/mol. The van der Waals surface area contributed by atoms with Crippen LogP contribution in [0.5, 0.6) is 0 Å². The van der Waals surface area contributed by atoms with Crippen molar-refractivity contribution < 1.29 is 19.4 Å². The lowest BCUT2D eigenvalue weighted by Crippen LogP contribution is -2.34. The molecule has 1 aliphatic heterocycles. The molecule has 3 rings (SSSR count). The van der Waals surface area contributed by atoms with Gasteiger partial charge in [0.2, 0.25) is 0 Å². The third-order valence-electron chi connectivity index (χ3n) is 5.91. The number of nitrogens with one attached hydrogen (secondary N) is 1. The number of amides is 1. The molecule has 6 nitrogen and oxygen atoms in total. The van der Waals surface area contributed by atoms with E-state index < -0.39 is 12.1 Å². The number of rotatable bonds is 8. The zero-order chi connectivity index (χ0) is 21.5. The first-order valence-electron chi connectivity index (χ1n) is 10.9. The zero-order valence-electron chi connectivity index (χ0n) is 17.9. The van der Waals surface area contributed by atoms with Gasteiger partial charge in [0.1, 0.15) is 0 Å². The number of nitrogens with zero attached hydrogens (tertiary/aromatic N) is 1. The summed E-state index contributed by atoms with van der Waals surface area (Å²) in [5, 5.41) is 12.3. The zero-order valence-corrected chi connectivity index (χ0v) is 17.9. The normalized spacial score (nSPS) is 25.1. The number of aliphatic imine (C=N–C) groups is 1. The van der Waals surface area contributed by atoms with E-state index in [1.54, 1.807) is 6.08 Å². The minimum Gasteiger partial charge on any atom is -0.485 e. The Balaban J connectivity index is 1.58. The van der Waals surface area contributed by atoms with E-state index in [1.807, 2.05) is 13.0 Å². The molecule has 0 aromatic heterocycles. The van der Waals surface area contributed by atoms with E-state index in [0.717, 1.165) is 43.6 Å². The first-order valence-corrected chi connectivity index (χ1v) is 10.9. The Kier molecular flexibility index (Phi) is 7.66. The molecule has 0 aromatic carbocycles. The molecule has 1 heterocycles. The van der Waals surface area contributed by atoms with Crippen LogP contribution >= 0.6 is 0 Å². The van der Waals surface area contributed by atoms with Gasteiger partial charge in [-0.2, -0.15) is 0 Å². The minimum atomic E-state index is -0.930. The molecular formula is C24H32N2O4. The third-order valence-corrected chi connectivity index (χ3v) is 5.91.